The fraction of sp³-hybridized carbons (Fsp3) is 0.520. The van der Waals surface area contributed by atoms with Gasteiger partial charge in [0, 0.05) is 12.0 Å². The molecule has 1 fully saturated rings. The summed E-state index contributed by atoms with van der Waals surface area (Å²) >= 11 is 0. The van der Waals surface area contributed by atoms with Gasteiger partial charge in [-0.05, 0) is 50.6 Å². The van der Waals surface area contributed by atoms with Gasteiger partial charge in [-0.2, -0.15) is 0 Å². The Balaban J connectivity index is 0.00000107. The average molecular weight is 432 g/mol. The van der Waals surface area contributed by atoms with Crippen LogP contribution in [0.3, 0.4) is 0 Å². The quantitative estimate of drug-likeness (QED) is 0.620. The van der Waals surface area contributed by atoms with Crippen LogP contribution in [0.1, 0.15) is 43.2 Å². The van der Waals surface area contributed by atoms with Gasteiger partial charge in [-0.3, -0.25) is 0 Å². The Labute approximate surface area is 186 Å². The molecule has 0 aliphatic carbocycles. The van der Waals surface area contributed by atoms with E-state index in [4.69, 9.17) is 23.7 Å². The molecule has 0 bridgehead atoms. The molecule has 0 spiro atoms. The zero-order chi connectivity index (χ0) is 22.7. The first kappa shape index (κ1) is 25.0. The summed E-state index contributed by atoms with van der Waals surface area (Å²) in [7, 11) is 8.59. The van der Waals surface area contributed by atoms with Crippen molar-refractivity contribution in [3.8, 4) is 17.2 Å². The van der Waals surface area contributed by atoms with Crippen LogP contribution in [0.2, 0.25) is 0 Å². The van der Waals surface area contributed by atoms with Gasteiger partial charge in [0.25, 0.3) is 0 Å². The minimum atomic E-state index is -0.797. The second kappa shape index (κ2) is 12.5. The lowest BCUT2D eigenvalue weighted by molar-refractivity contribution is -0.172. The third-order valence-corrected chi connectivity index (χ3v) is 5.44. The molecule has 1 atom stereocenters. The normalized spacial score (nSPS) is 15.5. The minimum absolute atomic E-state index is 0.452. The van der Waals surface area contributed by atoms with E-state index in [0.717, 1.165) is 24.8 Å². The maximum atomic E-state index is 6.16. The average Bonchev–Trinajstić information content (AvgIpc) is 3.30. The Morgan fingerprint density at radius 3 is 1.94 bits per heavy atom. The van der Waals surface area contributed by atoms with E-state index < -0.39 is 5.79 Å². The van der Waals surface area contributed by atoms with Gasteiger partial charge in [0.05, 0.1) is 34.5 Å². The molecule has 2 aromatic carbocycles. The molecule has 172 valence electrons. The fourth-order valence-electron chi connectivity index (χ4n) is 3.91. The van der Waals surface area contributed by atoms with Crippen molar-refractivity contribution in [2.75, 3.05) is 48.6 Å². The first-order valence-electron chi connectivity index (χ1n) is 10.8. The Morgan fingerprint density at radius 2 is 1.48 bits per heavy atom. The van der Waals surface area contributed by atoms with Gasteiger partial charge < -0.3 is 29.0 Å². The van der Waals surface area contributed by atoms with Crippen molar-refractivity contribution in [3.63, 3.8) is 0 Å². The summed E-state index contributed by atoms with van der Waals surface area (Å²) in [6.07, 6.45) is 2.77. The van der Waals surface area contributed by atoms with Gasteiger partial charge in [0.1, 0.15) is 0 Å². The highest BCUT2D eigenvalue weighted by Crippen LogP contribution is 2.46. The topological polar surface area (TPSA) is 58.2 Å². The van der Waals surface area contributed by atoms with Gasteiger partial charge in [0.2, 0.25) is 5.75 Å². The van der Waals surface area contributed by atoms with Crippen LogP contribution in [0.25, 0.3) is 0 Å². The van der Waals surface area contributed by atoms with Crippen LogP contribution in [0, 0.1) is 0 Å². The number of hydrogen-bond acceptors (Lipinski definition) is 6. The molecule has 0 radical (unpaired) electrons. The Kier molecular flexibility index (Phi) is 10.1. The molecule has 1 saturated heterocycles. The predicted octanol–water partition coefficient (Wildman–Crippen LogP) is 4.72. The third kappa shape index (κ3) is 6.12. The number of nitrogens with one attached hydrogen (secondary N) is 1. The van der Waals surface area contributed by atoms with Gasteiger partial charge >= 0.3 is 0 Å². The molecule has 31 heavy (non-hydrogen) atoms. The molecule has 1 unspecified atom stereocenters. The number of rotatable bonds is 9. The molecule has 0 amide bonds. The predicted molar refractivity (Wildman–Crippen MR) is 123 cm³/mol. The van der Waals surface area contributed by atoms with E-state index in [2.05, 4.69) is 42.6 Å². The lowest BCUT2D eigenvalue weighted by atomic mass is 9.88. The third-order valence-electron chi connectivity index (χ3n) is 5.44. The SMILES string of the molecule is CCC(CCC1(c2cc(OC)c(OC)c(OC)c2)OCCO1)c1ccccc1.CNC. The number of hydrogen-bond donors (Lipinski definition) is 1. The molecule has 6 heteroatoms. The van der Waals surface area contributed by atoms with Crippen LogP contribution in [-0.2, 0) is 15.3 Å². The summed E-state index contributed by atoms with van der Waals surface area (Å²) in [6, 6.07) is 14.5. The van der Waals surface area contributed by atoms with Crippen LogP contribution in [0.4, 0.5) is 0 Å². The van der Waals surface area contributed by atoms with Crippen LogP contribution >= 0.6 is 0 Å². The standard InChI is InChI=1S/C23H30O5.C2H7N/c1-5-17(18-9-7-6-8-10-18)11-12-23(27-13-14-28-23)19-15-20(24-2)22(26-4)21(16-19)25-3;1-3-2/h6-10,15-17H,5,11-14H2,1-4H3;3H,1-2H3. The van der Waals surface area contributed by atoms with Crippen LogP contribution in [0.5, 0.6) is 17.2 Å². The molecule has 1 heterocycles. The van der Waals surface area contributed by atoms with Gasteiger partial charge in [-0.1, -0.05) is 37.3 Å². The fourth-order valence-corrected chi connectivity index (χ4v) is 3.91. The highest BCUT2D eigenvalue weighted by atomic mass is 16.7. The van der Waals surface area contributed by atoms with Crippen molar-refractivity contribution in [1.82, 2.24) is 5.32 Å². The van der Waals surface area contributed by atoms with E-state index in [1.807, 2.05) is 26.2 Å². The highest BCUT2D eigenvalue weighted by Gasteiger charge is 2.40. The Hall–Kier alpha value is -2.28. The first-order valence-corrected chi connectivity index (χ1v) is 10.8. The summed E-state index contributed by atoms with van der Waals surface area (Å²) in [5.74, 6) is 1.43. The molecule has 6 nitrogen and oxygen atoms in total. The monoisotopic (exact) mass is 431 g/mol. The maximum Gasteiger partial charge on any atom is 0.203 e. The maximum absolute atomic E-state index is 6.16. The summed E-state index contributed by atoms with van der Waals surface area (Å²) in [6.45, 7) is 3.36. The van der Waals surface area contributed by atoms with Crippen LogP contribution in [-0.4, -0.2) is 48.6 Å². The van der Waals surface area contributed by atoms with E-state index in [0.29, 0.717) is 36.4 Å². The van der Waals surface area contributed by atoms with Crippen molar-refractivity contribution in [1.29, 1.82) is 0 Å². The summed E-state index contributed by atoms with van der Waals surface area (Å²) in [5.41, 5.74) is 2.24. The summed E-state index contributed by atoms with van der Waals surface area (Å²) in [4.78, 5) is 0. The molecule has 0 saturated carbocycles. The van der Waals surface area contributed by atoms with Gasteiger partial charge in [0.15, 0.2) is 17.3 Å². The van der Waals surface area contributed by atoms with Crippen molar-refractivity contribution in [2.24, 2.45) is 0 Å². The van der Waals surface area contributed by atoms with E-state index >= 15 is 0 Å². The molecule has 3 rings (SSSR count). The van der Waals surface area contributed by atoms with E-state index in [9.17, 15) is 0 Å². The molecule has 0 aromatic heterocycles. The van der Waals surface area contributed by atoms with Crippen LogP contribution < -0.4 is 19.5 Å². The number of benzene rings is 2. The van der Waals surface area contributed by atoms with E-state index in [-0.39, 0.29) is 0 Å². The second-order valence-corrected chi connectivity index (χ2v) is 7.42. The lowest BCUT2D eigenvalue weighted by Crippen LogP contribution is -2.28. The van der Waals surface area contributed by atoms with Gasteiger partial charge in [-0.25, -0.2) is 0 Å². The van der Waals surface area contributed by atoms with Crippen molar-refractivity contribution >= 4 is 0 Å². The van der Waals surface area contributed by atoms with Crippen molar-refractivity contribution in [2.45, 2.75) is 37.9 Å². The largest absolute Gasteiger partial charge is 0.493 e. The minimum Gasteiger partial charge on any atom is -0.493 e. The molecular formula is C25H37NO5. The number of ether oxygens (including phenoxy) is 5. The lowest BCUT2D eigenvalue weighted by Gasteiger charge is -2.30. The van der Waals surface area contributed by atoms with Gasteiger partial charge in [-0.15, -0.1) is 0 Å². The Morgan fingerprint density at radius 1 is 0.935 bits per heavy atom. The Bertz CT molecular complexity index is 750. The number of methoxy groups -OCH3 is 3. The summed E-state index contributed by atoms with van der Waals surface area (Å²) in [5, 5.41) is 2.75. The van der Waals surface area contributed by atoms with E-state index in [1.165, 1.54) is 5.56 Å². The molecule has 1 aliphatic rings. The molecular weight excluding hydrogens is 394 g/mol. The second-order valence-electron chi connectivity index (χ2n) is 7.42. The van der Waals surface area contributed by atoms with E-state index in [1.54, 1.807) is 21.3 Å². The summed E-state index contributed by atoms with van der Waals surface area (Å²) < 4.78 is 28.8. The highest BCUT2D eigenvalue weighted by molar-refractivity contribution is 5.54. The van der Waals surface area contributed by atoms with Crippen molar-refractivity contribution < 1.29 is 23.7 Å². The molecule has 2 aromatic rings. The van der Waals surface area contributed by atoms with Crippen LogP contribution in [0.15, 0.2) is 42.5 Å². The first-order chi connectivity index (χ1) is 15.1. The molecule has 1 aliphatic heterocycles. The van der Waals surface area contributed by atoms with Crippen molar-refractivity contribution in [3.05, 3.63) is 53.6 Å². The molecule has 1 N–H and O–H groups in total. The zero-order valence-electron chi connectivity index (χ0n) is 19.7. The zero-order valence-corrected chi connectivity index (χ0v) is 19.7. The smallest absolute Gasteiger partial charge is 0.203 e.